The summed E-state index contributed by atoms with van der Waals surface area (Å²) in [6.45, 7) is 0. The van der Waals surface area contributed by atoms with Crippen molar-refractivity contribution in [1.82, 2.24) is 20.2 Å². The first-order chi connectivity index (χ1) is 8.83. The van der Waals surface area contributed by atoms with Crippen molar-refractivity contribution in [3.63, 3.8) is 0 Å². The van der Waals surface area contributed by atoms with Crippen LogP contribution in [0.2, 0.25) is 0 Å². The van der Waals surface area contributed by atoms with Gasteiger partial charge in [0.15, 0.2) is 0 Å². The van der Waals surface area contributed by atoms with Crippen LogP contribution in [0.1, 0.15) is 10.6 Å². The molecule has 6 heteroatoms. The predicted molar refractivity (Wildman–Crippen MR) is 66.1 cm³/mol. The molecule has 0 atom stereocenters. The fourth-order valence-corrected chi connectivity index (χ4v) is 1.66. The fraction of sp³-hybridized carbons (Fsp3) is 0. The molecule has 6 nitrogen and oxygen atoms in total. The second kappa shape index (κ2) is 4.25. The molecule has 88 valence electrons. The molecule has 0 aliphatic carbocycles. The largest absolute Gasteiger partial charge is 0.319 e. The van der Waals surface area contributed by atoms with Crippen LogP contribution < -0.4 is 5.32 Å². The van der Waals surface area contributed by atoms with Crippen LogP contribution in [-0.4, -0.2) is 26.1 Å². The number of hydrogen-bond donors (Lipinski definition) is 2. The maximum absolute atomic E-state index is 11.8. The van der Waals surface area contributed by atoms with Crippen molar-refractivity contribution in [3.05, 3.63) is 48.7 Å². The molecule has 0 aliphatic heterocycles. The number of rotatable bonds is 2. The van der Waals surface area contributed by atoms with Crippen molar-refractivity contribution in [2.75, 3.05) is 5.32 Å². The molecule has 0 bridgehead atoms. The van der Waals surface area contributed by atoms with E-state index in [4.69, 9.17) is 0 Å². The van der Waals surface area contributed by atoms with Crippen LogP contribution in [-0.2, 0) is 0 Å². The average Bonchev–Trinajstić information content (AvgIpc) is 2.92. The molecule has 2 heterocycles. The Morgan fingerprint density at radius 1 is 1.22 bits per heavy atom. The summed E-state index contributed by atoms with van der Waals surface area (Å²) in [5.41, 5.74) is 1.58. The van der Waals surface area contributed by atoms with Gasteiger partial charge in [-0.1, -0.05) is 6.07 Å². The maximum Gasteiger partial charge on any atom is 0.292 e. The van der Waals surface area contributed by atoms with E-state index in [1.54, 1.807) is 12.3 Å². The molecule has 18 heavy (non-hydrogen) atoms. The third-order valence-electron chi connectivity index (χ3n) is 2.49. The Hall–Kier alpha value is -2.76. The van der Waals surface area contributed by atoms with Crippen LogP contribution in [0, 0.1) is 0 Å². The van der Waals surface area contributed by atoms with E-state index in [1.165, 1.54) is 6.33 Å². The number of nitrogens with zero attached hydrogens (tertiary/aromatic N) is 3. The van der Waals surface area contributed by atoms with Crippen LogP contribution in [0.3, 0.4) is 0 Å². The predicted octanol–water partition coefficient (Wildman–Crippen LogP) is 1.61. The third-order valence-corrected chi connectivity index (χ3v) is 2.49. The number of carbonyl (C=O) groups excluding carboxylic acids is 1. The highest BCUT2D eigenvalue weighted by Crippen LogP contribution is 2.17. The van der Waals surface area contributed by atoms with Crippen molar-refractivity contribution in [2.24, 2.45) is 0 Å². The zero-order valence-corrected chi connectivity index (χ0v) is 9.29. The number of amides is 1. The monoisotopic (exact) mass is 239 g/mol. The van der Waals surface area contributed by atoms with Gasteiger partial charge in [-0.25, -0.2) is 4.98 Å². The van der Waals surface area contributed by atoms with E-state index in [0.29, 0.717) is 5.69 Å². The molecular formula is C12H9N5O. The SMILES string of the molecule is O=C(Nc1ccc2ncccc2c1)c1ncn[nH]1. The topological polar surface area (TPSA) is 83.6 Å². The lowest BCUT2D eigenvalue weighted by atomic mass is 10.2. The van der Waals surface area contributed by atoms with Crippen LogP contribution in [0.15, 0.2) is 42.9 Å². The van der Waals surface area contributed by atoms with Gasteiger partial charge in [0.05, 0.1) is 5.52 Å². The molecule has 2 aromatic heterocycles. The first kappa shape index (κ1) is 10.4. The van der Waals surface area contributed by atoms with Gasteiger partial charge in [0.1, 0.15) is 6.33 Å². The molecular weight excluding hydrogens is 230 g/mol. The Labute approximate surface area is 102 Å². The fourth-order valence-electron chi connectivity index (χ4n) is 1.66. The Kier molecular flexibility index (Phi) is 2.45. The molecule has 0 radical (unpaired) electrons. The molecule has 1 amide bonds. The summed E-state index contributed by atoms with van der Waals surface area (Å²) >= 11 is 0. The zero-order valence-electron chi connectivity index (χ0n) is 9.29. The number of H-pyrrole nitrogens is 1. The Morgan fingerprint density at radius 3 is 3.00 bits per heavy atom. The van der Waals surface area contributed by atoms with Crippen molar-refractivity contribution in [1.29, 1.82) is 0 Å². The highest BCUT2D eigenvalue weighted by Gasteiger charge is 2.08. The minimum atomic E-state index is -0.323. The lowest BCUT2D eigenvalue weighted by Gasteiger charge is -2.04. The number of carbonyl (C=O) groups is 1. The quantitative estimate of drug-likeness (QED) is 0.711. The van der Waals surface area contributed by atoms with Gasteiger partial charge in [-0.15, -0.1) is 0 Å². The second-order valence-corrected chi connectivity index (χ2v) is 3.70. The number of nitrogens with one attached hydrogen (secondary N) is 2. The van der Waals surface area contributed by atoms with Gasteiger partial charge in [0, 0.05) is 17.3 Å². The van der Waals surface area contributed by atoms with E-state index in [2.05, 4.69) is 25.5 Å². The minimum absolute atomic E-state index is 0.182. The molecule has 3 rings (SSSR count). The summed E-state index contributed by atoms with van der Waals surface area (Å²) in [4.78, 5) is 19.7. The molecule has 0 unspecified atom stereocenters. The average molecular weight is 239 g/mol. The number of hydrogen-bond acceptors (Lipinski definition) is 4. The van der Waals surface area contributed by atoms with Gasteiger partial charge in [0.2, 0.25) is 5.82 Å². The Balaban J connectivity index is 1.89. The van der Waals surface area contributed by atoms with E-state index < -0.39 is 0 Å². The number of fused-ring (bicyclic) bond motifs is 1. The van der Waals surface area contributed by atoms with Gasteiger partial charge in [-0.3, -0.25) is 14.9 Å². The molecule has 0 fully saturated rings. The summed E-state index contributed by atoms with van der Waals surface area (Å²) in [7, 11) is 0. The zero-order chi connectivity index (χ0) is 12.4. The van der Waals surface area contributed by atoms with Crippen LogP contribution >= 0.6 is 0 Å². The normalized spacial score (nSPS) is 10.4. The van der Waals surface area contributed by atoms with E-state index in [-0.39, 0.29) is 11.7 Å². The number of aromatic nitrogens is 4. The summed E-state index contributed by atoms with van der Waals surface area (Å²) in [5, 5.41) is 9.84. The molecule has 2 N–H and O–H groups in total. The summed E-state index contributed by atoms with van der Waals surface area (Å²) in [6.07, 6.45) is 3.02. The van der Waals surface area contributed by atoms with Crippen molar-refractivity contribution in [2.45, 2.75) is 0 Å². The Morgan fingerprint density at radius 2 is 2.17 bits per heavy atom. The number of benzene rings is 1. The van der Waals surface area contributed by atoms with E-state index in [9.17, 15) is 4.79 Å². The van der Waals surface area contributed by atoms with Gasteiger partial charge in [0.25, 0.3) is 5.91 Å². The lowest BCUT2D eigenvalue weighted by Crippen LogP contribution is -2.13. The molecule has 1 aromatic carbocycles. The van der Waals surface area contributed by atoms with Crippen molar-refractivity contribution in [3.8, 4) is 0 Å². The van der Waals surface area contributed by atoms with Gasteiger partial charge in [-0.05, 0) is 24.3 Å². The van der Waals surface area contributed by atoms with E-state index in [1.807, 2.05) is 24.3 Å². The van der Waals surface area contributed by atoms with Crippen LogP contribution in [0.25, 0.3) is 10.9 Å². The smallest absolute Gasteiger partial charge is 0.292 e. The lowest BCUT2D eigenvalue weighted by molar-refractivity contribution is 0.101. The Bertz CT molecular complexity index is 693. The number of anilines is 1. The third kappa shape index (κ3) is 1.91. The van der Waals surface area contributed by atoms with Gasteiger partial charge >= 0.3 is 0 Å². The van der Waals surface area contributed by atoms with Crippen LogP contribution in [0.5, 0.6) is 0 Å². The first-order valence-corrected chi connectivity index (χ1v) is 5.34. The highest BCUT2D eigenvalue weighted by atomic mass is 16.2. The maximum atomic E-state index is 11.8. The highest BCUT2D eigenvalue weighted by molar-refractivity contribution is 6.02. The first-order valence-electron chi connectivity index (χ1n) is 5.34. The molecule has 0 aliphatic rings. The van der Waals surface area contributed by atoms with Crippen molar-refractivity contribution < 1.29 is 4.79 Å². The molecule has 3 aromatic rings. The van der Waals surface area contributed by atoms with Gasteiger partial charge < -0.3 is 5.32 Å². The second-order valence-electron chi connectivity index (χ2n) is 3.70. The summed E-state index contributed by atoms with van der Waals surface area (Å²) < 4.78 is 0. The number of pyridine rings is 1. The molecule has 0 spiro atoms. The minimum Gasteiger partial charge on any atom is -0.319 e. The summed E-state index contributed by atoms with van der Waals surface area (Å²) in [5.74, 6) is -0.142. The molecule has 0 saturated carbocycles. The van der Waals surface area contributed by atoms with E-state index in [0.717, 1.165) is 10.9 Å². The molecule has 0 saturated heterocycles. The summed E-state index contributed by atoms with van der Waals surface area (Å²) in [6, 6.07) is 9.29. The number of aromatic amines is 1. The standard InChI is InChI=1S/C12H9N5O/c18-12(11-14-7-15-17-11)16-9-3-4-10-8(6-9)2-1-5-13-10/h1-7H,(H,16,18)(H,14,15,17). The van der Waals surface area contributed by atoms with Crippen LogP contribution in [0.4, 0.5) is 5.69 Å². The van der Waals surface area contributed by atoms with E-state index >= 15 is 0 Å². The van der Waals surface area contributed by atoms with Crippen molar-refractivity contribution >= 4 is 22.5 Å². The van der Waals surface area contributed by atoms with Gasteiger partial charge in [-0.2, -0.15) is 5.10 Å².